The number of hydrogen-bond acceptors (Lipinski definition) is 5. The highest BCUT2D eigenvalue weighted by molar-refractivity contribution is 5.66. The Balaban J connectivity index is 1.58. The second kappa shape index (κ2) is 7.69. The van der Waals surface area contributed by atoms with Crippen molar-refractivity contribution >= 4 is 11.9 Å². The fourth-order valence-electron chi connectivity index (χ4n) is 9.05. The molecule has 5 heteroatoms. The van der Waals surface area contributed by atoms with Crippen LogP contribution in [0.15, 0.2) is 23.3 Å². The number of carbonyl (C=O) groups is 2. The van der Waals surface area contributed by atoms with Crippen molar-refractivity contribution in [2.75, 3.05) is 6.61 Å². The van der Waals surface area contributed by atoms with Gasteiger partial charge in [-0.1, -0.05) is 45.8 Å². The summed E-state index contributed by atoms with van der Waals surface area (Å²) in [6.45, 7) is 13.1. The van der Waals surface area contributed by atoms with Crippen LogP contribution < -0.4 is 0 Å². The third-order valence-electron chi connectivity index (χ3n) is 10.1. The molecule has 0 aromatic carbocycles. The molecule has 4 aliphatic carbocycles. The minimum atomic E-state index is -0.497. The zero-order valence-electron chi connectivity index (χ0n) is 21.1. The smallest absolute Gasteiger partial charge is 0.304 e. The highest BCUT2D eigenvalue weighted by atomic mass is 16.7. The lowest BCUT2D eigenvalue weighted by Crippen LogP contribution is -2.59. The number of fused-ring (bicyclic) bond motifs is 7. The first kappa shape index (κ1) is 23.1. The Hall–Kier alpha value is -1.62. The minimum Gasteiger partial charge on any atom is -0.458 e. The molecule has 5 aliphatic rings. The summed E-state index contributed by atoms with van der Waals surface area (Å²) in [6, 6.07) is 0. The predicted molar refractivity (Wildman–Crippen MR) is 125 cm³/mol. The van der Waals surface area contributed by atoms with Crippen LogP contribution in [-0.4, -0.2) is 30.9 Å². The van der Waals surface area contributed by atoms with Crippen molar-refractivity contribution in [3.63, 3.8) is 0 Å². The van der Waals surface area contributed by atoms with Crippen LogP contribution in [-0.2, 0) is 23.8 Å². The van der Waals surface area contributed by atoms with Crippen LogP contribution in [0.5, 0.6) is 0 Å². The van der Waals surface area contributed by atoms with Crippen molar-refractivity contribution in [3.8, 4) is 0 Å². The molecule has 1 saturated heterocycles. The lowest BCUT2D eigenvalue weighted by molar-refractivity contribution is -0.184. The third kappa shape index (κ3) is 3.44. The van der Waals surface area contributed by atoms with Crippen LogP contribution in [0.1, 0.15) is 80.1 Å². The monoisotopic (exact) mass is 456 g/mol. The van der Waals surface area contributed by atoms with Crippen LogP contribution in [0, 0.1) is 39.9 Å². The maximum Gasteiger partial charge on any atom is 0.304 e. The van der Waals surface area contributed by atoms with E-state index in [0.717, 1.165) is 19.3 Å². The zero-order valence-corrected chi connectivity index (χ0v) is 21.1. The van der Waals surface area contributed by atoms with Gasteiger partial charge in [0.05, 0.1) is 12.5 Å². The van der Waals surface area contributed by atoms with Crippen LogP contribution in [0.2, 0.25) is 0 Å². The van der Waals surface area contributed by atoms with Gasteiger partial charge in [0.25, 0.3) is 0 Å². The highest BCUT2D eigenvalue weighted by Crippen LogP contribution is 2.68. The van der Waals surface area contributed by atoms with E-state index in [2.05, 4.69) is 39.8 Å². The lowest BCUT2D eigenvalue weighted by atomic mass is 9.42. The Bertz CT molecular complexity index is 915. The average molecular weight is 457 g/mol. The van der Waals surface area contributed by atoms with Gasteiger partial charge < -0.3 is 14.2 Å². The summed E-state index contributed by atoms with van der Waals surface area (Å²) in [4.78, 5) is 24.0. The average Bonchev–Trinajstić information content (AvgIpc) is 3.09. The van der Waals surface area contributed by atoms with E-state index < -0.39 is 6.29 Å². The van der Waals surface area contributed by atoms with Crippen molar-refractivity contribution in [2.45, 2.75) is 92.5 Å². The molecule has 0 aromatic rings. The molecule has 8 atom stereocenters. The summed E-state index contributed by atoms with van der Waals surface area (Å²) in [7, 11) is 0. The summed E-state index contributed by atoms with van der Waals surface area (Å²) in [6.07, 6.45) is 10.8. The molecule has 0 radical (unpaired) electrons. The lowest BCUT2D eigenvalue weighted by Gasteiger charge is -2.63. The Morgan fingerprint density at radius 1 is 0.970 bits per heavy atom. The molecule has 0 bridgehead atoms. The van der Waals surface area contributed by atoms with Crippen molar-refractivity contribution in [2.24, 2.45) is 39.9 Å². The Labute approximate surface area is 198 Å². The molecule has 2 saturated carbocycles. The highest BCUT2D eigenvalue weighted by Gasteiger charge is 2.63. The van der Waals surface area contributed by atoms with Crippen molar-refractivity contribution < 1.29 is 23.8 Å². The molecule has 5 nitrogen and oxygen atoms in total. The van der Waals surface area contributed by atoms with Crippen LogP contribution >= 0.6 is 0 Å². The van der Waals surface area contributed by atoms with E-state index in [1.165, 1.54) is 44.3 Å². The molecular formula is C28H40O5. The summed E-state index contributed by atoms with van der Waals surface area (Å²) in [5, 5.41) is 0. The number of esters is 2. The van der Waals surface area contributed by atoms with E-state index in [4.69, 9.17) is 14.2 Å². The number of ether oxygens (including phenoxy) is 3. The number of rotatable bonds is 2. The van der Waals surface area contributed by atoms with E-state index in [1.54, 1.807) is 0 Å². The van der Waals surface area contributed by atoms with Gasteiger partial charge in [0.1, 0.15) is 6.10 Å². The Morgan fingerprint density at radius 3 is 2.39 bits per heavy atom. The van der Waals surface area contributed by atoms with Gasteiger partial charge in [-0.25, -0.2) is 0 Å². The molecule has 182 valence electrons. The van der Waals surface area contributed by atoms with Gasteiger partial charge in [0, 0.05) is 19.8 Å². The number of hydrogen-bond donors (Lipinski definition) is 0. The molecule has 0 amide bonds. The molecule has 5 rings (SSSR count). The molecule has 8 unspecified atom stereocenters. The van der Waals surface area contributed by atoms with E-state index in [1.807, 2.05) is 0 Å². The van der Waals surface area contributed by atoms with Crippen molar-refractivity contribution in [3.05, 3.63) is 23.3 Å². The van der Waals surface area contributed by atoms with E-state index in [-0.39, 0.29) is 40.2 Å². The molecule has 3 fully saturated rings. The second-order valence-corrected chi connectivity index (χ2v) is 12.5. The first-order valence-corrected chi connectivity index (χ1v) is 12.8. The third-order valence-corrected chi connectivity index (χ3v) is 10.1. The van der Waals surface area contributed by atoms with Gasteiger partial charge in [0.2, 0.25) is 6.29 Å². The first-order valence-electron chi connectivity index (χ1n) is 12.8. The predicted octanol–water partition coefficient (Wildman–Crippen LogP) is 5.59. The molecule has 0 aromatic heterocycles. The minimum absolute atomic E-state index is 0.0306. The Kier molecular flexibility index (Phi) is 5.39. The quantitative estimate of drug-likeness (QED) is 0.400. The molecular weight excluding hydrogens is 416 g/mol. The molecule has 0 N–H and O–H groups in total. The van der Waals surface area contributed by atoms with Crippen LogP contribution in [0.3, 0.4) is 0 Å². The second-order valence-electron chi connectivity index (χ2n) is 12.5. The Morgan fingerprint density at radius 2 is 1.70 bits per heavy atom. The number of carbonyl (C=O) groups excluding carboxylic acids is 2. The SMILES string of the molecule is CC(=O)OC1C=C2C3CC=C4COC(OC(C)=O)C4C3(C)CCC2C2(C)CCCC(C)(C)C12. The molecule has 33 heavy (non-hydrogen) atoms. The topological polar surface area (TPSA) is 61.8 Å². The fraction of sp³-hybridized carbons (Fsp3) is 0.786. The maximum absolute atomic E-state index is 12.2. The van der Waals surface area contributed by atoms with Crippen LogP contribution in [0.4, 0.5) is 0 Å². The van der Waals surface area contributed by atoms with Gasteiger partial charge >= 0.3 is 11.9 Å². The van der Waals surface area contributed by atoms with Gasteiger partial charge in [0.15, 0.2) is 0 Å². The van der Waals surface area contributed by atoms with E-state index >= 15 is 0 Å². The van der Waals surface area contributed by atoms with E-state index in [0.29, 0.717) is 24.4 Å². The maximum atomic E-state index is 12.2. The zero-order chi connectivity index (χ0) is 23.8. The number of allylic oxidation sites excluding steroid dienone is 2. The fourth-order valence-corrected chi connectivity index (χ4v) is 9.05. The first-order chi connectivity index (χ1) is 15.5. The van der Waals surface area contributed by atoms with Gasteiger partial charge in [-0.2, -0.15) is 0 Å². The van der Waals surface area contributed by atoms with Gasteiger partial charge in [-0.05, 0) is 71.8 Å². The standard InChI is InChI=1S/C28H40O5/c1-16(29)32-22-14-19-20-9-8-18-15-31-25(33-17(2)30)23(18)27(20,5)13-10-21(19)28(6)12-7-11-26(3,4)24(22)28/h8,14,20-25H,7,9-13,15H2,1-6H3. The summed E-state index contributed by atoms with van der Waals surface area (Å²) in [5.74, 6) is 0.818. The largest absolute Gasteiger partial charge is 0.458 e. The van der Waals surface area contributed by atoms with Crippen molar-refractivity contribution in [1.82, 2.24) is 0 Å². The van der Waals surface area contributed by atoms with E-state index in [9.17, 15) is 9.59 Å². The molecule has 0 spiro atoms. The molecule has 1 aliphatic heterocycles. The normalized spacial score (nSPS) is 45.4. The van der Waals surface area contributed by atoms with Crippen LogP contribution in [0.25, 0.3) is 0 Å². The summed E-state index contributed by atoms with van der Waals surface area (Å²) < 4.78 is 17.7. The summed E-state index contributed by atoms with van der Waals surface area (Å²) in [5.41, 5.74) is 3.00. The van der Waals surface area contributed by atoms with Crippen molar-refractivity contribution in [1.29, 1.82) is 0 Å². The molecule has 1 heterocycles. The van der Waals surface area contributed by atoms with Gasteiger partial charge in [-0.3, -0.25) is 9.59 Å². The summed E-state index contributed by atoms with van der Waals surface area (Å²) >= 11 is 0. The van der Waals surface area contributed by atoms with Gasteiger partial charge in [-0.15, -0.1) is 0 Å².